The minimum absolute atomic E-state index is 0.0430. The molecule has 0 spiro atoms. The van der Waals surface area contributed by atoms with Crippen LogP contribution in [-0.4, -0.2) is 30.1 Å². The highest BCUT2D eigenvalue weighted by atomic mass is 32.2. The maximum Gasteiger partial charge on any atom is 0.434 e. The minimum atomic E-state index is -4.69. The summed E-state index contributed by atoms with van der Waals surface area (Å²) in [4.78, 5) is 8.29. The summed E-state index contributed by atoms with van der Waals surface area (Å²) in [5, 5.41) is 9.62. The molecule has 0 saturated heterocycles. The summed E-state index contributed by atoms with van der Waals surface area (Å²) in [7, 11) is -1.63. The molecule has 42 heavy (non-hydrogen) atoms. The van der Waals surface area contributed by atoms with Crippen LogP contribution < -0.4 is 0 Å². The van der Waals surface area contributed by atoms with E-state index in [1.165, 1.54) is 42.0 Å². The summed E-state index contributed by atoms with van der Waals surface area (Å²) >= 11 is 0. The fraction of sp³-hybridized carbons (Fsp3) is 0.200. The highest BCUT2D eigenvalue weighted by Crippen LogP contribution is 2.40. The number of hydrogen-bond acceptors (Lipinski definition) is 5. The van der Waals surface area contributed by atoms with E-state index in [9.17, 15) is 31.3 Å². The van der Waals surface area contributed by atoms with Gasteiger partial charge in [-0.05, 0) is 60.9 Å². The summed E-state index contributed by atoms with van der Waals surface area (Å²) in [6.07, 6.45) is -2.47. The molecule has 0 bridgehead atoms. The Morgan fingerprint density at radius 1 is 0.929 bits per heavy atom. The molecule has 3 aromatic carbocycles. The number of oxazole rings is 1. The summed E-state index contributed by atoms with van der Waals surface area (Å²) in [6, 6.07) is 11.8. The van der Waals surface area contributed by atoms with Crippen molar-refractivity contribution in [2.45, 2.75) is 38.4 Å². The maximum absolute atomic E-state index is 15.0. The molecular formula is C30H24F5N3O3S. The molecule has 0 saturated carbocycles. The lowest BCUT2D eigenvalue weighted by Crippen LogP contribution is -2.05. The largest absolute Gasteiger partial charge is 0.440 e. The number of benzene rings is 3. The molecule has 6 nitrogen and oxygen atoms in total. The van der Waals surface area contributed by atoms with E-state index in [1.807, 2.05) is 0 Å². The van der Waals surface area contributed by atoms with Gasteiger partial charge in [0.2, 0.25) is 0 Å². The van der Waals surface area contributed by atoms with Gasteiger partial charge in [0.05, 0.1) is 23.1 Å². The van der Waals surface area contributed by atoms with Crippen LogP contribution in [0.1, 0.15) is 28.5 Å². The van der Waals surface area contributed by atoms with Crippen LogP contribution in [0.2, 0.25) is 0 Å². The van der Waals surface area contributed by atoms with E-state index in [2.05, 4.69) is 9.97 Å². The number of imidazole rings is 1. The summed E-state index contributed by atoms with van der Waals surface area (Å²) in [5.74, 6) is -0.810. The first-order valence-corrected chi connectivity index (χ1v) is 14.1. The molecule has 2 aromatic heterocycles. The molecule has 1 atom stereocenters. The first-order chi connectivity index (χ1) is 19.8. The van der Waals surface area contributed by atoms with Crippen molar-refractivity contribution >= 4 is 10.8 Å². The molecule has 2 heterocycles. The van der Waals surface area contributed by atoms with Gasteiger partial charge in [-0.15, -0.1) is 0 Å². The van der Waals surface area contributed by atoms with Crippen molar-refractivity contribution in [2.75, 3.05) is 6.26 Å². The highest BCUT2D eigenvalue weighted by molar-refractivity contribution is 7.84. The first kappa shape index (κ1) is 29.3. The lowest BCUT2D eigenvalue weighted by molar-refractivity contribution is -0.141. The average Bonchev–Trinajstić information content (AvgIpc) is 3.52. The molecule has 5 rings (SSSR count). The van der Waals surface area contributed by atoms with Gasteiger partial charge in [-0.3, -0.25) is 4.21 Å². The lowest BCUT2D eigenvalue weighted by Gasteiger charge is -2.15. The van der Waals surface area contributed by atoms with E-state index in [-0.39, 0.29) is 39.3 Å². The minimum Gasteiger partial charge on any atom is -0.440 e. The quantitative estimate of drug-likeness (QED) is 0.207. The number of halogens is 5. The van der Waals surface area contributed by atoms with E-state index in [0.29, 0.717) is 27.8 Å². The molecule has 0 fully saturated rings. The van der Waals surface area contributed by atoms with Gasteiger partial charge in [-0.2, -0.15) is 13.2 Å². The van der Waals surface area contributed by atoms with E-state index >= 15 is 0 Å². The average molecular weight is 602 g/mol. The molecule has 12 heteroatoms. The van der Waals surface area contributed by atoms with E-state index in [1.54, 1.807) is 38.1 Å². The second-order valence-electron chi connectivity index (χ2n) is 9.69. The zero-order valence-electron chi connectivity index (χ0n) is 22.8. The molecule has 0 aliphatic carbocycles. The molecule has 0 amide bonds. The molecule has 0 aliphatic rings. The summed E-state index contributed by atoms with van der Waals surface area (Å²) in [5.41, 5.74) is 1.05. The molecule has 0 aliphatic heterocycles. The Hall–Kier alpha value is -4.16. The van der Waals surface area contributed by atoms with Gasteiger partial charge in [0.1, 0.15) is 23.2 Å². The van der Waals surface area contributed by atoms with Gasteiger partial charge >= 0.3 is 6.18 Å². The van der Waals surface area contributed by atoms with E-state index < -0.39 is 40.9 Å². The van der Waals surface area contributed by atoms with Crippen LogP contribution >= 0.6 is 0 Å². The van der Waals surface area contributed by atoms with Crippen molar-refractivity contribution in [3.63, 3.8) is 0 Å². The van der Waals surface area contributed by atoms with E-state index in [0.717, 1.165) is 6.20 Å². The fourth-order valence-electron chi connectivity index (χ4n) is 4.70. The van der Waals surface area contributed by atoms with Crippen LogP contribution in [0, 0.1) is 32.4 Å². The van der Waals surface area contributed by atoms with Gasteiger partial charge in [0, 0.05) is 41.0 Å². The number of aliphatic hydroxyl groups excluding tert-OH is 1. The third kappa shape index (κ3) is 5.39. The highest BCUT2D eigenvalue weighted by Gasteiger charge is 2.35. The van der Waals surface area contributed by atoms with Gasteiger partial charge in [0.25, 0.3) is 0 Å². The van der Waals surface area contributed by atoms with Crippen LogP contribution in [0.3, 0.4) is 0 Å². The number of alkyl halides is 3. The Balaban J connectivity index is 1.80. The van der Waals surface area contributed by atoms with Gasteiger partial charge in [-0.25, -0.2) is 18.7 Å². The van der Waals surface area contributed by atoms with Crippen LogP contribution in [0.4, 0.5) is 22.0 Å². The van der Waals surface area contributed by atoms with Gasteiger partial charge < -0.3 is 14.1 Å². The number of rotatable bonds is 6. The zero-order chi connectivity index (χ0) is 30.5. The lowest BCUT2D eigenvalue weighted by atomic mass is 9.97. The second kappa shape index (κ2) is 10.9. The molecule has 218 valence electrons. The van der Waals surface area contributed by atoms with Crippen LogP contribution in [0.15, 0.2) is 64.0 Å². The molecule has 0 radical (unpaired) electrons. The molecule has 1 N–H and O–H groups in total. The van der Waals surface area contributed by atoms with Crippen molar-refractivity contribution in [3.05, 3.63) is 94.9 Å². The van der Waals surface area contributed by atoms with Gasteiger partial charge in [0.15, 0.2) is 17.3 Å². The van der Waals surface area contributed by atoms with Crippen molar-refractivity contribution in [1.82, 2.24) is 14.5 Å². The third-order valence-corrected chi connectivity index (χ3v) is 7.79. The van der Waals surface area contributed by atoms with Crippen molar-refractivity contribution in [1.29, 1.82) is 0 Å². The zero-order valence-corrected chi connectivity index (χ0v) is 23.6. The monoisotopic (exact) mass is 601 g/mol. The fourth-order valence-corrected chi connectivity index (χ4v) is 5.50. The SMILES string of the molecule is Cc1nc(-c2cc(-c3cc(F)c(CO)c(S(C)=O)c3)ccc2-n2cc(C(F)(F)F)nc2C)c(-c2ccc(C)c(F)c2)o1. The number of aryl methyl sites for hydroxylation is 3. The Morgan fingerprint density at radius 3 is 2.24 bits per heavy atom. The second-order valence-corrected chi connectivity index (χ2v) is 11.0. The summed E-state index contributed by atoms with van der Waals surface area (Å²) < 4.78 is 89.6. The van der Waals surface area contributed by atoms with Crippen molar-refractivity contribution in [2.24, 2.45) is 0 Å². The van der Waals surface area contributed by atoms with Gasteiger partial charge in [-0.1, -0.05) is 18.2 Å². The Morgan fingerprint density at radius 2 is 1.62 bits per heavy atom. The summed E-state index contributed by atoms with van der Waals surface area (Å²) in [6.45, 7) is 3.95. The van der Waals surface area contributed by atoms with Crippen LogP contribution in [-0.2, 0) is 23.6 Å². The maximum atomic E-state index is 15.0. The predicted molar refractivity (Wildman–Crippen MR) is 147 cm³/mol. The Bertz CT molecular complexity index is 1860. The topological polar surface area (TPSA) is 81.2 Å². The molecule has 1 unspecified atom stereocenters. The molecular weight excluding hydrogens is 577 g/mol. The predicted octanol–water partition coefficient (Wildman–Crippen LogP) is 7.31. The number of hydrogen-bond donors (Lipinski definition) is 1. The van der Waals surface area contributed by atoms with E-state index in [4.69, 9.17) is 4.42 Å². The third-order valence-electron chi connectivity index (χ3n) is 6.81. The number of nitrogens with zero attached hydrogens (tertiary/aromatic N) is 3. The standard InChI is InChI=1S/C30H24F5N3O3S/c1-15-5-6-19(10-23(15)31)29-28(37-17(3)41-29)21-9-18(20-11-24(32)22(14-39)26(12-20)42(4)40)7-8-25(21)38-13-27(30(33,34)35)36-16(38)2/h5-13,39H,14H2,1-4H3. The first-order valence-electron chi connectivity index (χ1n) is 12.6. The normalized spacial score (nSPS) is 12.6. The smallest absolute Gasteiger partial charge is 0.434 e. The number of aromatic nitrogens is 3. The van der Waals surface area contributed by atoms with Crippen LogP contribution in [0.5, 0.6) is 0 Å². The van der Waals surface area contributed by atoms with Crippen LogP contribution in [0.25, 0.3) is 39.4 Å². The Kier molecular flexibility index (Phi) is 7.62. The Labute approximate surface area is 239 Å². The number of aliphatic hydroxyl groups is 1. The van der Waals surface area contributed by atoms with Crippen molar-refractivity contribution in [3.8, 4) is 39.4 Å². The van der Waals surface area contributed by atoms with Crippen molar-refractivity contribution < 1.29 is 35.7 Å². The molecule has 5 aromatic rings.